The van der Waals surface area contributed by atoms with E-state index in [0.29, 0.717) is 12.6 Å². The molecule has 1 atom stereocenters. The number of anilines is 1. The van der Waals surface area contributed by atoms with Crippen molar-refractivity contribution in [2.24, 2.45) is 22.1 Å². The second-order valence-electron chi connectivity index (χ2n) is 10.5. The maximum absolute atomic E-state index is 6.04. The van der Waals surface area contributed by atoms with Crippen LogP contribution in [0.1, 0.15) is 85.0 Å². The lowest BCUT2D eigenvalue weighted by Gasteiger charge is -2.38. The van der Waals surface area contributed by atoms with Crippen molar-refractivity contribution in [2.75, 3.05) is 31.6 Å². The van der Waals surface area contributed by atoms with E-state index in [-0.39, 0.29) is 5.41 Å². The molecule has 3 N–H and O–H groups in total. The highest BCUT2D eigenvalue weighted by Gasteiger charge is 2.25. The molecule has 5 heteroatoms. The average Bonchev–Trinajstić information content (AvgIpc) is 2.83. The molecule has 1 saturated carbocycles. The van der Waals surface area contributed by atoms with Crippen LogP contribution in [0.25, 0.3) is 0 Å². The molecule has 1 aliphatic heterocycles. The molecule has 32 heavy (non-hydrogen) atoms. The summed E-state index contributed by atoms with van der Waals surface area (Å²) in [6, 6.07) is 8.95. The second-order valence-corrected chi connectivity index (χ2v) is 10.5. The van der Waals surface area contributed by atoms with E-state index in [0.717, 1.165) is 49.4 Å². The topological polar surface area (TPSA) is 62.9 Å². The van der Waals surface area contributed by atoms with Gasteiger partial charge in [0.25, 0.3) is 0 Å². The number of benzene rings is 1. The summed E-state index contributed by atoms with van der Waals surface area (Å²) < 4.78 is 6.04. The Labute approximate surface area is 196 Å². The molecular formula is C27H46N4O. The van der Waals surface area contributed by atoms with Crippen LogP contribution in [-0.2, 0) is 0 Å². The minimum absolute atomic E-state index is 0.000455. The van der Waals surface area contributed by atoms with Gasteiger partial charge in [0.15, 0.2) is 5.96 Å². The molecule has 1 aliphatic carbocycles. The Bertz CT molecular complexity index is 694. The number of hydrogen-bond acceptors (Lipinski definition) is 3. The Hall–Kier alpha value is -1.75. The van der Waals surface area contributed by atoms with Gasteiger partial charge in [-0.15, -0.1) is 0 Å². The molecule has 2 fully saturated rings. The summed E-state index contributed by atoms with van der Waals surface area (Å²) in [5.41, 5.74) is 7.03. The van der Waals surface area contributed by atoms with E-state index in [9.17, 15) is 0 Å². The summed E-state index contributed by atoms with van der Waals surface area (Å²) >= 11 is 0. The predicted octanol–water partition coefficient (Wildman–Crippen LogP) is 6.05. The van der Waals surface area contributed by atoms with Crippen molar-refractivity contribution in [2.45, 2.75) is 91.0 Å². The number of rotatable bonds is 9. The third kappa shape index (κ3) is 7.68. The first-order valence-corrected chi connectivity index (χ1v) is 13.0. The molecule has 0 radical (unpaired) electrons. The number of aliphatic imine (C=N–C) groups is 1. The van der Waals surface area contributed by atoms with E-state index in [4.69, 9.17) is 15.5 Å². The Kier molecular flexibility index (Phi) is 9.70. The molecular weight excluding hydrogens is 396 g/mol. The summed E-state index contributed by atoms with van der Waals surface area (Å²) in [6.45, 7) is 9.89. The zero-order valence-electron chi connectivity index (χ0n) is 20.7. The highest BCUT2D eigenvalue weighted by molar-refractivity contribution is 5.94. The average molecular weight is 443 g/mol. The smallest absolute Gasteiger partial charge is 0.198 e. The fourth-order valence-corrected chi connectivity index (χ4v) is 4.84. The van der Waals surface area contributed by atoms with E-state index in [1.807, 2.05) is 0 Å². The van der Waals surface area contributed by atoms with Crippen LogP contribution < -0.4 is 15.8 Å². The van der Waals surface area contributed by atoms with Gasteiger partial charge in [-0.1, -0.05) is 52.9 Å². The van der Waals surface area contributed by atoms with Crippen LogP contribution in [0.2, 0.25) is 0 Å². The van der Waals surface area contributed by atoms with Crippen molar-refractivity contribution in [3.8, 4) is 5.75 Å². The molecule has 3 rings (SSSR count). The van der Waals surface area contributed by atoms with E-state index in [1.165, 1.54) is 57.8 Å². The molecule has 0 spiro atoms. The highest BCUT2D eigenvalue weighted by Crippen LogP contribution is 2.27. The number of piperidine rings is 1. The minimum Gasteiger partial charge on any atom is -0.494 e. The summed E-state index contributed by atoms with van der Waals surface area (Å²) in [5, 5.41) is 3.62. The number of guanidine groups is 1. The molecule has 0 bridgehead atoms. The van der Waals surface area contributed by atoms with Crippen LogP contribution in [0.15, 0.2) is 29.3 Å². The van der Waals surface area contributed by atoms with E-state index in [1.54, 1.807) is 0 Å². The largest absolute Gasteiger partial charge is 0.494 e. The first kappa shape index (κ1) is 24.9. The van der Waals surface area contributed by atoms with Crippen LogP contribution in [-0.4, -0.2) is 43.1 Å². The first-order valence-electron chi connectivity index (χ1n) is 13.0. The lowest BCUT2D eigenvalue weighted by atomic mass is 9.87. The maximum atomic E-state index is 6.04. The number of ether oxygens (including phenoxy) is 1. The summed E-state index contributed by atoms with van der Waals surface area (Å²) in [6.07, 6.45) is 13.1. The summed E-state index contributed by atoms with van der Waals surface area (Å²) in [5.74, 6) is 2.81. The number of nitrogens with two attached hydrogens (primary N) is 1. The van der Waals surface area contributed by atoms with Gasteiger partial charge in [-0.2, -0.15) is 0 Å². The summed E-state index contributed by atoms with van der Waals surface area (Å²) in [4.78, 5) is 7.50. The van der Waals surface area contributed by atoms with Gasteiger partial charge in [0.05, 0.1) is 6.61 Å². The van der Waals surface area contributed by atoms with Gasteiger partial charge in [-0.05, 0) is 74.2 Å². The van der Waals surface area contributed by atoms with Gasteiger partial charge in [-0.25, -0.2) is 0 Å². The third-order valence-corrected chi connectivity index (χ3v) is 7.21. The van der Waals surface area contributed by atoms with Gasteiger partial charge < -0.3 is 20.7 Å². The van der Waals surface area contributed by atoms with Gasteiger partial charge in [0.2, 0.25) is 0 Å². The number of likely N-dealkylation sites (tertiary alicyclic amines) is 1. The summed E-state index contributed by atoms with van der Waals surface area (Å²) in [7, 11) is 0. The van der Waals surface area contributed by atoms with Crippen LogP contribution in [0, 0.1) is 11.3 Å². The lowest BCUT2D eigenvalue weighted by molar-refractivity contribution is 0.233. The molecule has 1 unspecified atom stereocenters. The number of nitrogens with zero attached hydrogens (tertiary/aromatic N) is 2. The Morgan fingerprint density at radius 3 is 2.50 bits per heavy atom. The molecule has 1 heterocycles. The first-order chi connectivity index (χ1) is 15.5. The molecule has 5 nitrogen and oxygen atoms in total. The fraction of sp³-hybridized carbons (Fsp3) is 0.741. The van der Waals surface area contributed by atoms with Crippen molar-refractivity contribution in [1.82, 2.24) is 4.90 Å². The number of nitrogens with one attached hydrogen (secondary N) is 1. The van der Waals surface area contributed by atoms with Gasteiger partial charge in [-0.3, -0.25) is 4.99 Å². The standard InChI is InChI=1S/C27H46N4O/c1-4-24-12-8-9-18-31(24)26(29-21-27(2,3)20-28)30-23-13-15-25(16-14-23)32-19-17-22-10-6-5-7-11-22/h13-16,22,24H,4-12,17-21,28H2,1-3H3,(H,29,30). The predicted molar refractivity (Wildman–Crippen MR) is 137 cm³/mol. The molecule has 180 valence electrons. The molecule has 0 aromatic heterocycles. The molecule has 1 saturated heterocycles. The lowest BCUT2D eigenvalue weighted by Crippen LogP contribution is -2.47. The zero-order valence-corrected chi connectivity index (χ0v) is 20.7. The zero-order chi connectivity index (χ0) is 22.8. The molecule has 1 aromatic rings. The van der Waals surface area contributed by atoms with Gasteiger partial charge >= 0.3 is 0 Å². The Balaban J connectivity index is 1.61. The van der Waals surface area contributed by atoms with Crippen molar-refractivity contribution < 1.29 is 4.74 Å². The quantitative estimate of drug-likeness (QED) is 0.361. The van der Waals surface area contributed by atoms with Crippen LogP contribution in [0.4, 0.5) is 5.69 Å². The maximum Gasteiger partial charge on any atom is 0.198 e. The Morgan fingerprint density at radius 2 is 1.81 bits per heavy atom. The monoisotopic (exact) mass is 442 g/mol. The molecule has 0 amide bonds. The van der Waals surface area contributed by atoms with Crippen molar-refractivity contribution in [1.29, 1.82) is 0 Å². The molecule has 2 aliphatic rings. The third-order valence-electron chi connectivity index (χ3n) is 7.21. The van der Waals surface area contributed by atoms with Crippen molar-refractivity contribution >= 4 is 11.6 Å². The van der Waals surface area contributed by atoms with Crippen molar-refractivity contribution in [3.63, 3.8) is 0 Å². The van der Waals surface area contributed by atoms with E-state index < -0.39 is 0 Å². The SMILES string of the molecule is CCC1CCCCN1C(=NCC(C)(C)CN)Nc1ccc(OCCC2CCCCC2)cc1. The van der Waals surface area contributed by atoms with Crippen LogP contribution in [0.3, 0.4) is 0 Å². The van der Waals surface area contributed by atoms with Crippen molar-refractivity contribution in [3.05, 3.63) is 24.3 Å². The highest BCUT2D eigenvalue weighted by atomic mass is 16.5. The second kappa shape index (κ2) is 12.5. The fourth-order valence-electron chi connectivity index (χ4n) is 4.84. The van der Waals surface area contributed by atoms with Crippen LogP contribution >= 0.6 is 0 Å². The van der Waals surface area contributed by atoms with Gasteiger partial charge in [0.1, 0.15) is 5.75 Å². The minimum atomic E-state index is 0.000455. The normalized spacial score (nSPS) is 20.9. The number of hydrogen-bond donors (Lipinski definition) is 2. The van der Waals surface area contributed by atoms with E-state index in [2.05, 4.69) is 55.3 Å². The van der Waals surface area contributed by atoms with Crippen LogP contribution in [0.5, 0.6) is 5.75 Å². The van der Waals surface area contributed by atoms with Gasteiger partial charge in [0, 0.05) is 24.8 Å². The molecule has 1 aromatic carbocycles. The van der Waals surface area contributed by atoms with E-state index >= 15 is 0 Å². The Morgan fingerprint density at radius 1 is 1.09 bits per heavy atom.